The summed E-state index contributed by atoms with van der Waals surface area (Å²) in [5, 5.41) is 0. The number of aryl methyl sites for hydroxylation is 1. The van der Waals surface area contributed by atoms with Crippen LogP contribution in [-0.2, 0) is 9.53 Å². The fraction of sp³-hybridized carbons (Fsp3) is 0.722. The Morgan fingerprint density at radius 2 is 2.17 bits per heavy atom. The molecular weight excluding hydrogens is 306 g/mol. The molecule has 0 bridgehead atoms. The number of carbonyl (C=O) groups is 1. The van der Waals surface area contributed by atoms with Gasteiger partial charge in [-0.05, 0) is 19.3 Å². The molecule has 0 aromatic carbocycles. The molecule has 6 heteroatoms. The van der Waals surface area contributed by atoms with E-state index in [0.717, 1.165) is 6.42 Å². The van der Waals surface area contributed by atoms with Gasteiger partial charge in [-0.2, -0.15) is 0 Å². The molecule has 1 saturated heterocycles. The third-order valence-electron chi connectivity index (χ3n) is 5.16. The second-order valence-corrected chi connectivity index (χ2v) is 6.98. The van der Waals surface area contributed by atoms with Crippen molar-refractivity contribution in [2.75, 3.05) is 19.8 Å². The van der Waals surface area contributed by atoms with Crippen LogP contribution >= 0.6 is 0 Å². The molecule has 2 aliphatic rings. The fourth-order valence-electron chi connectivity index (χ4n) is 3.87. The van der Waals surface area contributed by atoms with E-state index >= 15 is 0 Å². The summed E-state index contributed by atoms with van der Waals surface area (Å²) < 4.78 is 5.54. The van der Waals surface area contributed by atoms with Gasteiger partial charge in [0.1, 0.15) is 5.82 Å². The molecule has 1 amide bonds. The normalized spacial score (nSPS) is 22.5. The van der Waals surface area contributed by atoms with Crippen LogP contribution in [0.2, 0.25) is 0 Å². The molecule has 6 nitrogen and oxygen atoms in total. The second-order valence-electron chi connectivity index (χ2n) is 6.98. The zero-order chi connectivity index (χ0) is 16.9. The van der Waals surface area contributed by atoms with E-state index in [1.54, 1.807) is 6.92 Å². The molecule has 3 rings (SSSR count). The minimum absolute atomic E-state index is 0.161. The summed E-state index contributed by atoms with van der Waals surface area (Å²) in [5.41, 5.74) is 0.444. The molecular formula is C18H27N3O3. The Morgan fingerprint density at radius 3 is 2.92 bits per heavy atom. The fourth-order valence-corrected chi connectivity index (χ4v) is 3.87. The summed E-state index contributed by atoms with van der Waals surface area (Å²) in [7, 11) is 0. The van der Waals surface area contributed by atoms with Gasteiger partial charge >= 0.3 is 0 Å². The number of morpholine rings is 1. The Hall–Kier alpha value is -1.69. The van der Waals surface area contributed by atoms with Crippen molar-refractivity contribution in [3.8, 4) is 0 Å². The van der Waals surface area contributed by atoms with Crippen LogP contribution in [0.5, 0.6) is 0 Å². The van der Waals surface area contributed by atoms with Gasteiger partial charge in [0, 0.05) is 19.0 Å². The molecule has 1 N–H and O–H groups in total. The predicted molar refractivity (Wildman–Crippen MR) is 90.7 cm³/mol. The number of hydrogen-bond acceptors (Lipinski definition) is 4. The Balaban J connectivity index is 1.66. The average Bonchev–Trinajstić information content (AvgIpc) is 2.60. The van der Waals surface area contributed by atoms with E-state index < -0.39 is 0 Å². The third-order valence-corrected chi connectivity index (χ3v) is 5.16. The number of hydrogen-bond donors (Lipinski definition) is 1. The molecule has 1 aliphatic carbocycles. The summed E-state index contributed by atoms with van der Waals surface area (Å²) in [4.78, 5) is 33.4. The minimum atomic E-state index is -0.251. The molecule has 24 heavy (non-hydrogen) atoms. The van der Waals surface area contributed by atoms with Crippen molar-refractivity contribution in [2.24, 2.45) is 5.92 Å². The number of aromatic nitrogens is 2. The highest BCUT2D eigenvalue weighted by atomic mass is 16.5. The van der Waals surface area contributed by atoms with Gasteiger partial charge in [0.05, 0.1) is 24.9 Å². The van der Waals surface area contributed by atoms with E-state index in [2.05, 4.69) is 9.97 Å². The lowest BCUT2D eigenvalue weighted by molar-refractivity contribution is -0.140. The molecule has 2 heterocycles. The van der Waals surface area contributed by atoms with Crippen LogP contribution in [0, 0.1) is 12.8 Å². The highest BCUT2D eigenvalue weighted by molar-refractivity contribution is 5.76. The Labute approximate surface area is 142 Å². The van der Waals surface area contributed by atoms with Gasteiger partial charge in [0.25, 0.3) is 5.56 Å². The van der Waals surface area contributed by atoms with Crippen molar-refractivity contribution in [3.63, 3.8) is 0 Å². The third kappa shape index (κ3) is 4.23. The molecule has 132 valence electrons. The van der Waals surface area contributed by atoms with E-state index in [1.807, 2.05) is 4.90 Å². The van der Waals surface area contributed by atoms with Crippen LogP contribution in [-0.4, -0.2) is 40.5 Å². The van der Waals surface area contributed by atoms with Gasteiger partial charge in [0.15, 0.2) is 0 Å². The van der Waals surface area contributed by atoms with Crippen LogP contribution in [0.15, 0.2) is 10.9 Å². The standard InChI is InChI=1S/C18H27N3O3/c1-13-19-15(11-17(22)20-13)16-12-24-10-9-21(16)18(23)8-7-14-5-3-2-4-6-14/h11,14,16H,2-10,12H2,1H3,(H,19,20,22)/t16-/m1/s1. The Kier molecular flexibility index (Phi) is 5.66. The minimum Gasteiger partial charge on any atom is -0.377 e. The number of nitrogens with one attached hydrogen (secondary N) is 1. The number of nitrogens with zero attached hydrogens (tertiary/aromatic N) is 2. The summed E-state index contributed by atoms with van der Waals surface area (Å²) in [6.45, 7) is 3.28. The number of ether oxygens (including phenoxy) is 1. The zero-order valence-corrected chi connectivity index (χ0v) is 14.4. The van der Waals surface area contributed by atoms with Gasteiger partial charge in [-0.3, -0.25) is 9.59 Å². The Bertz CT molecular complexity index is 622. The average molecular weight is 333 g/mol. The summed E-state index contributed by atoms with van der Waals surface area (Å²) >= 11 is 0. The van der Waals surface area contributed by atoms with Crippen LogP contribution in [0.3, 0.4) is 0 Å². The van der Waals surface area contributed by atoms with Crippen molar-refractivity contribution in [1.29, 1.82) is 0 Å². The number of rotatable bonds is 4. The quantitative estimate of drug-likeness (QED) is 0.917. The second kappa shape index (κ2) is 7.92. The van der Waals surface area contributed by atoms with Crippen LogP contribution < -0.4 is 5.56 Å². The van der Waals surface area contributed by atoms with Gasteiger partial charge in [-0.1, -0.05) is 32.1 Å². The molecule has 2 fully saturated rings. The molecule has 1 atom stereocenters. The highest BCUT2D eigenvalue weighted by Crippen LogP contribution is 2.29. The van der Waals surface area contributed by atoms with E-state index in [0.29, 0.717) is 43.6 Å². The van der Waals surface area contributed by atoms with Crippen molar-refractivity contribution < 1.29 is 9.53 Å². The Morgan fingerprint density at radius 1 is 1.38 bits per heavy atom. The van der Waals surface area contributed by atoms with Crippen molar-refractivity contribution in [3.05, 3.63) is 27.9 Å². The predicted octanol–water partition coefficient (Wildman–Crippen LogP) is 2.34. The molecule has 1 aromatic rings. The maximum Gasteiger partial charge on any atom is 0.251 e. The first-order chi connectivity index (χ1) is 11.6. The number of aromatic amines is 1. The topological polar surface area (TPSA) is 75.3 Å². The number of H-pyrrole nitrogens is 1. The lowest BCUT2D eigenvalue weighted by Gasteiger charge is -2.35. The first kappa shape index (κ1) is 17.1. The smallest absolute Gasteiger partial charge is 0.251 e. The largest absolute Gasteiger partial charge is 0.377 e. The molecule has 1 aromatic heterocycles. The van der Waals surface area contributed by atoms with E-state index in [-0.39, 0.29) is 17.5 Å². The van der Waals surface area contributed by atoms with Crippen molar-refractivity contribution in [1.82, 2.24) is 14.9 Å². The van der Waals surface area contributed by atoms with Gasteiger partial charge < -0.3 is 14.6 Å². The summed E-state index contributed by atoms with van der Waals surface area (Å²) in [5.74, 6) is 1.42. The number of amides is 1. The van der Waals surface area contributed by atoms with Crippen LogP contribution in [0.1, 0.15) is 62.5 Å². The maximum absolute atomic E-state index is 12.8. The van der Waals surface area contributed by atoms with Gasteiger partial charge in [0.2, 0.25) is 5.91 Å². The molecule has 0 unspecified atom stereocenters. The molecule has 0 spiro atoms. The first-order valence-electron chi connectivity index (χ1n) is 9.08. The van der Waals surface area contributed by atoms with E-state index in [4.69, 9.17) is 4.74 Å². The maximum atomic E-state index is 12.8. The van der Waals surface area contributed by atoms with E-state index in [9.17, 15) is 9.59 Å². The highest BCUT2D eigenvalue weighted by Gasteiger charge is 2.30. The lowest BCUT2D eigenvalue weighted by atomic mass is 9.86. The molecule has 1 saturated carbocycles. The van der Waals surface area contributed by atoms with Crippen molar-refractivity contribution >= 4 is 5.91 Å². The lowest BCUT2D eigenvalue weighted by Crippen LogP contribution is -2.44. The zero-order valence-electron chi connectivity index (χ0n) is 14.4. The van der Waals surface area contributed by atoms with Crippen LogP contribution in [0.25, 0.3) is 0 Å². The number of carbonyl (C=O) groups excluding carboxylic acids is 1. The SMILES string of the molecule is Cc1nc([C@H]2COCCN2C(=O)CCC2CCCCC2)cc(=O)[nH]1. The summed E-state index contributed by atoms with van der Waals surface area (Å²) in [6, 6.07) is 1.23. The van der Waals surface area contributed by atoms with Gasteiger partial charge in [-0.25, -0.2) is 4.98 Å². The van der Waals surface area contributed by atoms with E-state index in [1.165, 1.54) is 38.2 Å². The van der Waals surface area contributed by atoms with Gasteiger partial charge in [-0.15, -0.1) is 0 Å². The van der Waals surface area contributed by atoms with Crippen LogP contribution in [0.4, 0.5) is 0 Å². The van der Waals surface area contributed by atoms with Crippen molar-refractivity contribution in [2.45, 2.75) is 57.9 Å². The first-order valence-corrected chi connectivity index (χ1v) is 9.08. The monoisotopic (exact) mass is 333 g/mol. The summed E-state index contributed by atoms with van der Waals surface area (Å²) in [6.07, 6.45) is 8.02. The molecule has 0 radical (unpaired) electrons. The molecule has 1 aliphatic heterocycles.